The molecule has 0 heterocycles. The number of benzene rings is 1. The monoisotopic (exact) mass is 325 g/mol. The molecule has 19 heavy (non-hydrogen) atoms. The number of carbonyl (C=O) groups is 1. The molecule has 0 saturated heterocycles. The summed E-state index contributed by atoms with van der Waals surface area (Å²) in [6.45, 7) is 2.05. The topological polar surface area (TPSA) is 49.3 Å². The molecule has 3 nitrogen and oxygen atoms in total. The van der Waals surface area contributed by atoms with Gasteiger partial charge in [-0.15, -0.1) is 0 Å². The van der Waals surface area contributed by atoms with E-state index in [-0.39, 0.29) is 24.5 Å². The SMILES string of the molecule is CC(C(=O)NC(CCO)C1CC1)c1ccc(Br)cc1. The number of halogens is 1. The highest BCUT2D eigenvalue weighted by atomic mass is 79.9. The van der Waals surface area contributed by atoms with E-state index in [1.54, 1.807) is 0 Å². The lowest BCUT2D eigenvalue weighted by molar-refractivity contribution is -0.123. The molecule has 0 radical (unpaired) electrons. The summed E-state index contributed by atoms with van der Waals surface area (Å²) >= 11 is 3.39. The number of nitrogens with one attached hydrogen (secondary N) is 1. The Morgan fingerprint density at radius 2 is 2.05 bits per heavy atom. The quantitative estimate of drug-likeness (QED) is 0.844. The molecule has 1 aliphatic rings. The van der Waals surface area contributed by atoms with Crippen molar-refractivity contribution >= 4 is 21.8 Å². The maximum atomic E-state index is 12.2. The first-order valence-corrected chi connectivity index (χ1v) is 7.58. The van der Waals surface area contributed by atoms with Crippen LogP contribution in [0.25, 0.3) is 0 Å². The highest BCUT2D eigenvalue weighted by molar-refractivity contribution is 9.10. The van der Waals surface area contributed by atoms with Crippen LogP contribution in [0.5, 0.6) is 0 Å². The first kappa shape index (κ1) is 14.5. The van der Waals surface area contributed by atoms with Gasteiger partial charge in [0.2, 0.25) is 5.91 Å². The summed E-state index contributed by atoms with van der Waals surface area (Å²) < 4.78 is 1.01. The minimum atomic E-state index is -0.159. The van der Waals surface area contributed by atoms with Crippen LogP contribution in [0.1, 0.15) is 37.7 Å². The lowest BCUT2D eigenvalue weighted by Gasteiger charge is -2.20. The van der Waals surface area contributed by atoms with Gasteiger partial charge in [0.25, 0.3) is 0 Å². The molecule has 104 valence electrons. The molecule has 1 amide bonds. The van der Waals surface area contributed by atoms with Gasteiger partial charge in [-0.25, -0.2) is 0 Å². The third-order valence-electron chi connectivity index (χ3n) is 3.72. The fourth-order valence-corrected chi connectivity index (χ4v) is 2.54. The number of aliphatic hydroxyl groups excluding tert-OH is 1. The molecule has 0 aliphatic heterocycles. The lowest BCUT2D eigenvalue weighted by atomic mass is 9.99. The molecule has 4 heteroatoms. The predicted molar refractivity (Wildman–Crippen MR) is 78.9 cm³/mol. The van der Waals surface area contributed by atoms with Crippen molar-refractivity contribution in [1.29, 1.82) is 0 Å². The summed E-state index contributed by atoms with van der Waals surface area (Å²) in [5.74, 6) is 0.453. The van der Waals surface area contributed by atoms with Crippen LogP contribution >= 0.6 is 15.9 Å². The van der Waals surface area contributed by atoms with Crippen LogP contribution in [0.3, 0.4) is 0 Å². The van der Waals surface area contributed by atoms with Crippen LogP contribution in [0.2, 0.25) is 0 Å². The Morgan fingerprint density at radius 3 is 2.58 bits per heavy atom. The van der Waals surface area contributed by atoms with Crippen molar-refractivity contribution in [1.82, 2.24) is 5.32 Å². The summed E-state index contributed by atoms with van der Waals surface area (Å²) in [5, 5.41) is 12.1. The number of hydrogen-bond donors (Lipinski definition) is 2. The van der Waals surface area contributed by atoms with E-state index in [0.29, 0.717) is 12.3 Å². The zero-order chi connectivity index (χ0) is 13.8. The summed E-state index contributed by atoms with van der Waals surface area (Å²) in [6.07, 6.45) is 2.98. The van der Waals surface area contributed by atoms with Gasteiger partial charge >= 0.3 is 0 Å². The van der Waals surface area contributed by atoms with Crippen molar-refractivity contribution in [2.24, 2.45) is 5.92 Å². The fraction of sp³-hybridized carbons (Fsp3) is 0.533. The van der Waals surface area contributed by atoms with Gasteiger partial charge in [-0.1, -0.05) is 28.1 Å². The normalized spacial score (nSPS) is 17.8. The van der Waals surface area contributed by atoms with Crippen LogP contribution in [0, 0.1) is 5.92 Å². The highest BCUT2D eigenvalue weighted by Crippen LogP contribution is 2.34. The van der Waals surface area contributed by atoms with Crippen molar-refractivity contribution in [2.75, 3.05) is 6.61 Å². The number of carbonyl (C=O) groups excluding carboxylic acids is 1. The van der Waals surface area contributed by atoms with E-state index in [1.807, 2.05) is 31.2 Å². The second kappa shape index (κ2) is 6.53. The minimum Gasteiger partial charge on any atom is -0.396 e. The van der Waals surface area contributed by atoms with Crippen LogP contribution in [0.4, 0.5) is 0 Å². The molecule has 0 aromatic heterocycles. The fourth-order valence-electron chi connectivity index (χ4n) is 2.27. The largest absolute Gasteiger partial charge is 0.396 e. The highest BCUT2D eigenvalue weighted by Gasteiger charge is 2.32. The van der Waals surface area contributed by atoms with Crippen molar-refractivity contribution in [3.63, 3.8) is 0 Å². The van der Waals surface area contributed by atoms with E-state index in [1.165, 1.54) is 0 Å². The average Bonchev–Trinajstić information content (AvgIpc) is 3.22. The van der Waals surface area contributed by atoms with E-state index in [2.05, 4.69) is 21.2 Å². The Balaban J connectivity index is 1.96. The van der Waals surface area contributed by atoms with Crippen molar-refractivity contribution in [2.45, 2.75) is 38.1 Å². The summed E-state index contributed by atoms with van der Waals surface area (Å²) in [5.41, 5.74) is 1.01. The number of hydrogen-bond acceptors (Lipinski definition) is 2. The van der Waals surface area contributed by atoms with Gasteiger partial charge in [0.1, 0.15) is 0 Å². The molecule has 1 aromatic carbocycles. The smallest absolute Gasteiger partial charge is 0.227 e. The van der Waals surface area contributed by atoms with E-state index < -0.39 is 0 Å². The molecule has 1 saturated carbocycles. The molecule has 2 N–H and O–H groups in total. The standard InChI is InChI=1S/C15H20BrNO2/c1-10(11-4-6-13(16)7-5-11)15(19)17-14(8-9-18)12-2-3-12/h4-7,10,12,14,18H,2-3,8-9H2,1H3,(H,17,19). The molecular formula is C15H20BrNO2. The second-order valence-electron chi connectivity index (χ2n) is 5.24. The van der Waals surface area contributed by atoms with Gasteiger partial charge in [-0.05, 0) is 49.8 Å². The molecule has 2 unspecified atom stereocenters. The van der Waals surface area contributed by atoms with Crippen LogP contribution in [0.15, 0.2) is 28.7 Å². The first-order chi connectivity index (χ1) is 9.11. The maximum Gasteiger partial charge on any atom is 0.227 e. The molecule has 1 fully saturated rings. The van der Waals surface area contributed by atoms with E-state index in [9.17, 15) is 4.79 Å². The van der Waals surface area contributed by atoms with Gasteiger partial charge in [0.15, 0.2) is 0 Å². The van der Waals surface area contributed by atoms with Gasteiger partial charge in [0.05, 0.1) is 5.92 Å². The lowest BCUT2D eigenvalue weighted by Crippen LogP contribution is -2.39. The van der Waals surface area contributed by atoms with Crippen molar-refractivity contribution < 1.29 is 9.90 Å². The Morgan fingerprint density at radius 1 is 1.42 bits per heavy atom. The molecule has 1 aliphatic carbocycles. The Labute approximate surface area is 122 Å². The number of amides is 1. The Hall–Kier alpha value is -0.870. The van der Waals surface area contributed by atoms with Gasteiger partial charge in [-0.3, -0.25) is 4.79 Å². The number of aliphatic hydroxyl groups is 1. The second-order valence-corrected chi connectivity index (χ2v) is 6.15. The molecule has 2 atom stereocenters. The van der Waals surface area contributed by atoms with E-state index in [0.717, 1.165) is 22.9 Å². The van der Waals surface area contributed by atoms with E-state index in [4.69, 9.17) is 5.11 Å². The zero-order valence-electron chi connectivity index (χ0n) is 11.1. The summed E-state index contributed by atoms with van der Waals surface area (Å²) in [4.78, 5) is 12.2. The Kier molecular flexibility index (Phi) is 4.99. The van der Waals surface area contributed by atoms with Crippen molar-refractivity contribution in [3.8, 4) is 0 Å². The molecule has 0 spiro atoms. The predicted octanol–water partition coefficient (Wildman–Crippen LogP) is 2.83. The van der Waals surface area contributed by atoms with Gasteiger partial charge in [-0.2, -0.15) is 0 Å². The Bertz CT molecular complexity index is 428. The van der Waals surface area contributed by atoms with Crippen LogP contribution in [-0.2, 0) is 4.79 Å². The van der Waals surface area contributed by atoms with Gasteiger partial charge in [0, 0.05) is 17.1 Å². The number of rotatable bonds is 6. The van der Waals surface area contributed by atoms with Crippen molar-refractivity contribution in [3.05, 3.63) is 34.3 Å². The van der Waals surface area contributed by atoms with Gasteiger partial charge < -0.3 is 10.4 Å². The third kappa shape index (κ3) is 4.05. The minimum absolute atomic E-state index is 0.0488. The van der Waals surface area contributed by atoms with E-state index >= 15 is 0 Å². The first-order valence-electron chi connectivity index (χ1n) is 6.78. The maximum absolute atomic E-state index is 12.2. The molecule has 0 bridgehead atoms. The summed E-state index contributed by atoms with van der Waals surface area (Å²) in [6, 6.07) is 7.96. The molecule has 2 rings (SSSR count). The summed E-state index contributed by atoms with van der Waals surface area (Å²) in [7, 11) is 0. The molecule has 1 aromatic rings. The van der Waals surface area contributed by atoms with Crippen LogP contribution < -0.4 is 5.32 Å². The molecular weight excluding hydrogens is 306 g/mol. The zero-order valence-corrected chi connectivity index (χ0v) is 12.7. The average molecular weight is 326 g/mol. The van der Waals surface area contributed by atoms with Crippen LogP contribution in [-0.4, -0.2) is 23.7 Å². The third-order valence-corrected chi connectivity index (χ3v) is 4.25.